The van der Waals surface area contributed by atoms with E-state index in [1.54, 1.807) is 0 Å². The van der Waals surface area contributed by atoms with Crippen molar-refractivity contribution in [3.8, 4) is 0 Å². The summed E-state index contributed by atoms with van der Waals surface area (Å²) in [5.74, 6) is 1.09. The van der Waals surface area contributed by atoms with Crippen molar-refractivity contribution in [3.05, 3.63) is 77.0 Å². The van der Waals surface area contributed by atoms with Crippen LogP contribution in [-0.2, 0) is 13.1 Å². The Kier molecular flexibility index (Phi) is 4.67. The number of nitrogens with zero attached hydrogens (tertiary/aromatic N) is 3. The maximum atomic E-state index is 12.4. The fourth-order valence-electron chi connectivity index (χ4n) is 3.46. The second kappa shape index (κ2) is 7.27. The highest BCUT2D eigenvalue weighted by Crippen LogP contribution is 2.23. The number of carbonyl (C=O) groups excluding carboxylic acids is 1. The van der Waals surface area contributed by atoms with E-state index in [4.69, 9.17) is 0 Å². The molecule has 2 heterocycles. The second-order valence-electron chi connectivity index (χ2n) is 7.16. The molecule has 0 saturated heterocycles. The van der Waals surface area contributed by atoms with E-state index in [-0.39, 0.29) is 5.91 Å². The monoisotopic (exact) mass is 360 g/mol. The summed E-state index contributed by atoms with van der Waals surface area (Å²) in [5.41, 5.74) is 4.89. The van der Waals surface area contributed by atoms with Gasteiger partial charge in [0.15, 0.2) is 0 Å². The number of anilines is 2. The van der Waals surface area contributed by atoms with Crippen LogP contribution < -0.4 is 10.2 Å². The Balaban J connectivity index is 1.43. The Labute approximate surface area is 159 Å². The summed E-state index contributed by atoms with van der Waals surface area (Å²) >= 11 is 0. The lowest BCUT2D eigenvalue weighted by Crippen LogP contribution is -2.31. The van der Waals surface area contributed by atoms with E-state index < -0.39 is 0 Å². The first-order chi connectivity index (χ1) is 13.1. The molecule has 0 radical (unpaired) electrons. The van der Waals surface area contributed by atoms with Crippen LogP contribution in [0.15, 0.2) is 54.6 Å². The maximum absolute atomic E-state index is 12.4. The summed E-state index contributed by atoms with van der Waals surface area (Å²) in [5, 5.41) is 7.49. The average molecular weight is 360 g/mol. The number of benzene rings is 2. The lowest BCUT2D eigenvalue weighted by Gasteiger charge is -2.29. The van der Waals surface area contributed by atoms with Gasteiger partial charge < -0.3 is 10.2 Å². The van der Waals surface area contributed by atoms with E-state index in [0.29, 0.717) is 5.56 Å². The van der Waals surface area contributed by atoms with E-state index in [1.807, 2.05) is 62.4 Å². The first-order valence-corrected chi connectivity index (χ1v) is 9.35. The minimum Gasteiger partial charge on any atom is -0.352 e. The fraction of sp³-hybridized carbons (Fsp3) is 0.273. The van der Waals surface area contributed by atoms with Gasteiger partial charge >= 0.3 is 0 Å². The standard InChI is InChI=1S/C22H24N4O/c1-16-4-10-20(11-5-16)23-22(27)19-8-6-18(7-9-19)15-25-12-3-13-26-21(25)14-17(2)24-26/h4-11,14H,3,12-13,15H2,1-2H3,(H,23,27). The molecule has 2 aromatic carbocycles. The summed E-state index contributed by atoms with van der Waals surface area (Å²) in [7, 11) is 0. The van der Waals surface area contributed by atoms with Gasteiger partial charge in [-0.25, -0.2) is 4.68 Å². The molecule has 0 aliphatic carbocycles. The SMILES string of the molecule is Cc1ccc(NC(=O)c2ccc(CN3CCCn4nc(C)cc43)cc2)cc1. The Bertz CT molecular complexity index is 941. The number of carbonyl (C=O) groups is 1. The highest BCUT2D eigenvalue weighted by atomic mass is 16.1. The van der Waals surface area contributed by atoms with Gasteiger partial charge in [0.1, 0.15) is 5.82 Å². The molecule has 3 aromatic rings. The molecule has 0 unspecified atom stereocenters. The van der Waals surface area contributed by atoms with E-state index in [9.17, 15) is 4.79 Å². The van der Waals surface area contributed by atoms with E-state index in [2.05, 4.69) is 26.1 Å². The smallest absolute Gasteiger partial charge is 0.255 e. The molecule has 1 aliphatic heterocycles. The molecular formula is C22H24N4O. The molecule has 0 fully saturated rings. The van der Waals surface area contributed by atoms with Gasteiger partial charge in [0, 0.05) is 37.0 Å². The first-order valence-electron chi connectivity index (χ1n) is 9.35. The van der Waals surface area contributed by atoms with Crippen LogP contribution >= 0.6 is 0 Å². The largest absolute Gasteiger partial charge is 0.352 e. The fourth-order valence-corrected chi connectivity index (χ4v) is 3.46. The van der Waals surface area contributed by atoms with Gasteiger partial charge in [-0.05, 0) is 50.1 Å². The normalized spacial score (nSPS) is 13.3. The number of hydrogen-bond acceptors (Lipinski definition) is 3. The van der Waals surface area contributed by atoms with Crippen molar-refractivity contribution in [3.63, 3.8) is 0 Å². The van der Waals surface area contributed by atoms with Crippen molar-refractivity contribution in [1.29, 1.82) is 0 Å². The van der Waals surface area contributed by atoms with Gasteiger partial charge in [-0.15, -0.1) is 0 Å². The maximum Gasteiger partial charge on any atom is 0.255 e. The third-order valence-electron chi connectivity index (χ3n) is 4.90. The van der Waals surface area contributed by atoms with Crippen LogP contribution in [0, 0.1) is 13.8 Å². The quantitative estimate of drug-likeness (QED) is 0.760. The zero-order valence-electron chi connectivity index (χ0n) is 15.8. The first kappa shape index (κ1) is 17.3. The molecule has 1 N–H and O–H groups in total. The molecule has 138 valence electrons. The zero-order valence-corrected chi connectivity index (χ0v) is 15.8. The minimum atomic E-state index is -0.0860. The van der Waals surface area contributed by atoms with Crippen molar-refractivity contribution in [2.24, 2.45) is 0 Å². The molecule has 1 aliphatic rings. The van der Waals surface area contributed by atoms with Crippen molar-refractivity contribution >= 4 is 17.4 Å². The molecule has 1 aromatic heterocycles. The third kappa shape index (κ3) is 3.87. The summed E-state index contributed by atoms with van der Waals surface area (Å²) < 4.78 is 2.09. The van der Waals surface area contributed by atoms with Gasteiger partial charge in [0.05, 0.1) is 5.69 Å². The van der Waals surface area contributed by atoms with Crippen LogP contribution in [0.3, 0.4) is 0 Å². The minimum absolute atomic E-state index is 0.0860. The summed E-state index contributed by atoms with van der Waals surface area (Å²) in [6, 6.07) is 17.8. The summed E-state index contributed by atoms with van der Waals surface area (Å²) in [6.45, 7) is 6.90. The lowest BCUT2D eigenvalue weighted by molar-refractivity contribution is 0.102. The van der Waals surface area contributed by atoms with Crippen LogP contribution in [0.5, 0.6) is 0 Å². The Morgan fingerprint density at radius 3 is 2.52 bits per heavy atom. The van der Waals surface area contributed by atoms with Crippen LogP contribution in [0.4, 0.5) is 11.5 Å². The zero-order chi connectivity index (χ0) is 18.8. The molecule has 5 heteroatoms. The van der Waals surface area contributed by atoms with Crippen LogP contribution in [-0.4, -0.2) is 22.2 Å². The number of nitrogens with one attached hydrogen (secondary N) is 1. The number of aromatic nitrogens is 2. The van der Waals surface area contributed by atoms with E-state index in [0.717, 1.165) is 37.4 Å². The van der Waals surface area contributed by atoms with Gasteiger partial charge in [-0.1, -0.05) is 29.8 Å². The van der Waals surface area contributed by atoms with Gasteiger partial charge in [0.25, 0.3) is 5.91 Å². The molecular weight excluding hydrogens is 336 g/mol. The molecule has 0 spiro atoms. The molecule has 27 heavy (non-hydrogen) atoms. The third-order valence-corrected chi connectivity index (χ3v) is 4.90. The lowest BCUT2D eigenvalue weighted by atomic mass is 10.1. The molecule has 0 atom stereocenters. The van der Waals surface area contributed by atoms with Gasteiger partial charge in [0.2, 0.25) is 0 Å². The molecule has 1 amide bonds. The van der Waals surface area contributed by atoms with Gasteiger partial charge in [-0.2, -0.15) is 5.10 Å². The van der Waals surface area contributed by atoms with Crippen molar-refractivity contribution in [2.75, 3.05) is 16.8 Å². The van der Waals surface area contributed by atoms with Gasteiger partial charge in [-0.3, -0.25) is 4.79 Å². The Morgan fingerprint density at radius 1 is 1.04 bits per heavy atom. The molecule has 4 rings (SSSR count). The number of hydrogen-bond donors (Lipinski definition) is 1. The molecule has 0 bridgehead atoms. The number of amides is 1. The molecule has 5 nitrogen and oxygen atoms in total. The number of aryl methyl sites for hydroxylation is 3. The van der Waals surface area contributed by atoms with Crippen LogP contribution in [0.1, 0.15) is 33.6 Å². The predicted octanol–water partition coefficient (Wildman–Crippen LogP) is 4.16. The molecule has 0 saturated carbocycles. The average Bonchev–Trinajstić information content (AvgIpc) is 3.05. The predicted molar refractivity (Wildman–Crippen MR) is 108 cm³/mol. The van der Waals surface area contributed by atoms with Crippen LogP contribution in [0.25, 0.3) is 0 Å². The highest BCUT2D eigenvalue weighted by molar-refractivity contribution is 6.04. The van der Waals surface area contributed by atoms with Crippen LogP contribution in [0.2, 0.25) is 0 Å². The Hall–Kier alpha value is -3.08. The van der Waals surface area contributed by atoms with Crippen molar-refractivity contribution in [2.45, 2.75) is 33.4 Å². The number of fused-ring (bicyclic) bond motifs is 1. The second-order valence-corrected chi connectivity index (χ2v) is 7.16. The number of rotatable bonds is 4. The Morgan fingerprint density at radius 2 is 1.78 bits per heavy atom. The van der Waals surface area contributed by atoms with Crippen molar-refractivity contribution in [1.82, 2.24) is 9.78 Å². The summed E-state index contributed by atoms with van der Waals surface area (Å²) in [4.78, 5) is 14.8. The van der Waals surface area contributed by atoms with Crippen molar-refractivity contribution < 1.29 is 4.79 Å². The van der Waals surface area contributed by atoms with E-state index >= 15 is 0 Å². The topological polar surface area (TPSA) is 50.2 Å². The highest BCUT2D eigenvalue weighted by Gasteiger charge is 2.18. The summed E-state index contributed by atoms with van der Waals surface area (Å²) in [6.07, 6.45) is 1.10. The van der Waals surface area contributed by atoms with E-state index in [1.165, 1.54) is 16.9 Å².